The van der Waals surface area contributed by atoms with Crippen molar-refractivity contribution in [3.05, 3.63) is 52.2 Å². The third-order valence-electron chi connectivity index (χ3n) is 3.14. The van der Waals surface area contributed by atoms with Crippen molar-refractivity contribution in [3.8, 4) is 0 Å². The summed E-state index contributed by atoms with van der Waals surface area (Å²) in [5, 5.41) is 4.54. The Morgan fingerprint density at radius 1 is 1.12 bits per heavy atom. The topological polar surface area (TPSA) is 72.5 Å². The number of thiophene rings is 1. The standard InChI is InChI=1S/C18H19NO4S/c1-12(2)10-17(21)19-14-7-5-13(6-8-14)15(20)11-23-18(22)16-4-3-9-24-16/h3-9,12H,10-11H2,1-2H3,(H,19,21). The molecule has 2 aromatic rings. The smallest absolute Gasteiger partial charge is 0.348 e. The van der Waals surface area contributed by atoms with Crippen LogP contribution in [0.3, 0.4) is 0 Å². The third kappa shape index (κ3) is 5.31. The quantitative estimate of drug-likeness (QED) is 0.612. The number of anilines is 1. The predicted molar refractivity (Wildman–Crippen MR) is 93.5 cm³/mol. The molecule has 0 spiro atoms. The molecule has 0 fully saturated rings. The summed E-state index contributed by atoms with van der Waals surface area (Å²) in [6, 6.07) is 9.92. The molecule has 1 heterocycles. The highest BCUT2D eigenvalue weighted by Gasteiger charge is 2.13. The van der Waals surface area contributed by atoms with E-state index in [9.17, 15) is 14.4 Å². The zero-order valence-corrected chi connectivity index (χ0v) is 14.4. The monoisotopic (exact) mass is 345 g/mol. The summed E-state index contributed by atoms with van der Waals surface area (Å²) in [4.78, 5) is 35.9. The summed E-state index contributed by atoms with van der Waals surface area (Å²) < 4.78 is 4.99. The molecule has 0 radical (unpaired) electrons. The molecule has 2 rings (SSSR count). The molecule has 0 unspecified atom stereocenters. The van der Waals surface area contributed by atoms with Gasteiger partial charge in [0, 0.05) is 17.7 Å². The lowest BCUT2D eigenvalue weighted by Crippen LogP contribution is -2.15. The van der Waals surface area contributed by atoms with Crippen LogP contribution in [0, 0.1) is 5.92 Å². The Kier molecular flexibility index (Phi) is 6.26. The number of benzene rings is 1. The van der Waals surface area contributed by atoms with Crippen molar-refractivity contribution in [1.29, 1.82) is 0 Å². The van der Waals surface area contributed by atoms with Crippen LogP contribution in [0.1, 0.15) is 40.3 Å². The van der Waals surface area contributed by atoms with Gasteiger partial charge >= 0.3 is 5.97 Å². The molecule has 5 nitrogen and oxygen atoms in total. The van der Waals surface area contributed by atoms with Crippen molar-refractivity contribution in [2.24, 2.45) is 5.92 Å². The number of nitrogens with one attached hydrogen (secondary N) is 1. The number of ketones is 1. The minimum Gasteiger partial charge on any atom is -0.453 e. The van der Waals surface area contributed by atoms with Gasteiger partial charge in [0.1, 0.15) is 4.88 Å². The molecule has 24 heavy (non-hydrogen) atoms. The van der Waals surface area contributed by atoms with Crippen LogP contribution in [0.4, 0.5) is 5.69 Å². The van der Waals surface area contributed by atoms with E-state index < -0.39 is 5.97 Å². The zero-order valence-electron chi connectivity index (χ0n) is 13.6. The summed E-state index contributed by atoms with van der Waals surface area (Å²) >= 11 is 1.26. The van der Waals surface area contributed by atoms with Crippen LogP contribution >= 0.6 is 11.3 Å². The molecule has 0 saturated carbocycles. The summed E-state index contributed by atoms with van der Waals surface area (Å²) in [7, 11) is 0. The lowest BCUT2D eigenvalue weighted by Gasteiger charge is -2.08. The van der Waals surface area contributed by atoms with E-state index in [0.29, 0.717) is 22.5 Å². The number of hydrogen-bond donors (Lipinski definition) is 1. The largest absolute Gasteiger partial charge is 0.453 e. The Morgan fingerprint density at radius 2 is 1.83 bits per heavy atom. The second-order valence-electron chi connectivity index (χ2n) is 5.70. The van der Waals surface area contributed by atoms with Gasteiger partial charge in [0.2, 0.25) is 5.91 Å². The van der Waals surface area contributed by atoms with Gasteiger partial charge < -0.3 is 10.1 Å². The Hall–Kier alpha value is -2.47. The van der Waals surface area contributed by atoms with Crippen molar-refractivity contribution < 1.29 is 19.1 Å². The molecule has 0 atom stereocenters. The first-order valence-corrected chi connectivity index (χ1v) is 8.47. The minimum absolute atomic E-state index is 0.0612. The number of ether oxygens (including phenoxy) is 1. The Morgan fingerprint density at radius 3 is 2.42 bits per heavy atom. The maximum atomic E-state index is 12.0. The molecular weight excluding hydrogens is 326 g/mol. The van der Waals surface area contributed by atoms with E-state index in [0.717, 1.165) is 0 Å². The van der Waals surface area contributed by atoms with Crippen LogP contribution < -0.4 is 5.32 Å². The van der Waals surface area contributed by atoms with Crippen molar-refractivity contribution in [2.45, 2.75) is 20.3 Å². The Balaban J connectivity index is 1.87. The zero-order chi connectivity index (χ0) is 17.5. The van der Waals surface area contributed by atoms with Crippen LogP contribution in [-0.2, 0) is 9.53 Å². The second-order valence-corrected chi connectivity index (χ2v) is 6.65. The molecule has 1 aromatic heterocycles. The van der Waals surface area contributed by atoms with Gasteiger partial charge in [-0.05, 0) is 41.6 Å². The summed E-state index contributed by atoms with van der Waals surface area (Å²) in [6.45, 7) is 3.63. The van der Waals surface area contributed by atoms with Gasteiger partial charge in [0.15, 0.2) is 12.4 Å². The van der Waals surface area contributed by atoms with E-state index in [-0.39, 0.29) is 24.2 Å². The normalized spacial score (nSPS) is 10.5. The predicted octanol–water partition coefficient (Wildman–Crippen LogP) is 3.77. The maximum Gasteiger partial charge on any atom is 0.348 e. The lowest BCUT2D eigenvalue weighted by molar-refractivity contribution is -0.116. The van der Waals surface area contributed by atoms with Gasteiger partial charge in [-0.15, -0.1) is 11.3 Å². The molecule has 6 heteroatoms. The molecule has 126 valence electrons. The molecule has 1 N–H and O–H groups in total. The Labute approximate surface area is 144 Å². The fourth-order valence-corrected chi connectivity index (χ4v) is 2.62. The first-order chi connectivity index (χ1) is 11.5. The molecule has 0 bridgehead atoms. The van der Waals surface area contributed by atoms with Gasteiger partial charge in [-0.3, -0.25) is 9.59 Å². The van der Waals surface area contributed by atoms with Crippen LogP contribution in [0.25, 0.3) is 0 Å². The van der Waals surface area contributed by atoms with Gasteiger partial charge in [-0.1, -0.05) is 19.9 Å². The van der Waals surface area contributed by atoms with E-state index in [2.05, 4.69) is 5.32 Å². The number of esters is 1. The molecule has 0 aliphatic rings. The van der Waals surface area contributed by atoms with Gasteiger partial charge in [-0.2, -0.15) is 0 Å². The minimum atomic E-state index is -0.504. The highest BCUT2D eigenvalue weighted by atomic mass is 32.1. The number of amides is 1. The van der Waals surface area contributed by atoms with Gasteiger partial charge in [0.25, 0.3) is 0 Å². The number of carbonyl (C=O) groups is 3. The summed E-state index contributed by atoms with van der Waals surface area (Å²) in [6.07, 6.45) is 0.444. The van der Waals surface area contributed by atoms with Crippen molar-refractivity contribution in [2.75, 3.05) is 11.9 Å². The second kappa shape index (κ2) is 8.40. The molecule has 1 aromatic carbocycles. The van der Waals surface area contributed by atoms with Gasteiger partial charge in [0.05, 0.1) is 0 Å². The number of carbonyl (C=O) groups excluding carboxylic acids is 3. The van der Waals surface area contributed by atoms with E-state index in [1.165, 1.54) is 11.3 Å². The third-order valence-corrected chi connectivity index (χ3v) is 3.99. The number of rotatable bonds is 7. The number of Topliss-reactive ketones (excluding diaryl/α,β-unsaturated/α-hetero) is 1. The average molecular weight is 345 g/mol. The van der Waals surface area contributed by atoms with E-state index in [1.54, 1.807) is 41.8 Å². The summed E-state index contributed by atoms with van der Waals surface area (Å²) in [5.41, 5.74) is 1.06. The fourth-order valence-electron chi connectivity index (χ4n) is 2.00. The van der Waals surface area contributed by atoms with E-state index >= 15 is 0 Å². The average Bonchev–Trinajstić information content (AvgIpc) is 3.06. The molecule has 1 amide bonds. The summed E-state index contributed by atoms with van der Waals surface area (Å²) in [5.74, 6) is -0.575. The van der Waals surface area contributed by atoms with Crippen LogP contribution in [0.5, 0.6) is 0 Å². The van der Waals surface area contributed by atoms with Crippen molar-refractivity contribution in [3.63, 3.8) is 0 Å². The highest BCUT2D eigenvalue weighted by molar-refractivity contribution is 7.11. The first kappa shape index (κ1) is 17.9. The number of hydrogen-bond acceptors (Lipinski definition) is 5. The van der Waals surface area contributed by atoms with Crippen LogP contribution in [0.2, 0.25) is 0 Å². The van der Waals surface area contributed by atoms with Crippen LogP contribution in [-0.4, -0.2) is 24.3 Å². The first-order valence-electron chi connectivity index (χ1n) is 7.59. The van der Waals surface area contributed by atoms with E-state index in [4.69, 9.17) is 4.74 Å². The fraction of sp³-hybridized carbons (Fsp3) is 0.278. The SMILES string of the molecule is CC(C)CC(=O)Nc1ccc(C(=O)COC(=O)c2cccs2)cc1. The Bertz CT molecular complexity index is 705. The van der Waals surface area contributed by atoms with E-state index in [1.807, 2.05) is 13.8 Å². The molecular formula is C18H19NO4S. The van der Waals surface area contributed by atoms with Gasteiger partial charge in [-0.25, -0.2) is 4.79 Å². The molecule has 0 aliphatic heterocycles. The molecule has 0 saturated heterocycles. The van der Waals surface area contributed by atoms with Crippen molar-refractivity contribution in [1.82, 2.24) is 0 Å². The lowest BCUT2D eigenvalue weighted by atomic mass is 10.1. The van der Waals surface area contributed by atoms with Crippen LogP contribution in [0.15, 0.2) is 41.8 Å². The highest BCUT2D eigenvalue weighted by Crippen LogP contribution is 2.13. The maximum absolute atomic E-state index is 12.0. The molecule has 0 aliphatic carbocycles. The van der Waals surface area contributed by atoms with Crippen molar-refractivity contribution >= 4 is 34.7 Å².